The smallest absolute Gasteiger partial charge is 0.223 e. The van der Waals surface area contributed by atoms with Crippen LogP contribution in [-0.4, -0.2) is 16.0 Å². The van der Waals surface area contributed by atoms with E-state index in [0.717, 1.165) is 10.0 Å². The van der Waals surface area contributed by atoms with Gasteiger partial charge in [0.1, 0.15) is 5.82 Å². The first-order chi connectivity index (χ1) is 9.54. The first-order valence-electron chi connectivity index (χ1n) is 6.04. The minimum Gasteiger partial charge on any atom is -0.349 e. The van der Waals surface area contributed by atoms with Crippen LogP contribution in [0.4, 0.5) is 4.39 Å². The monoisotopic (exact) mass is 341 g/mol. The molecule has 0 saturated carbocycles. The summed E-state index contributed by atoms with van der Waals surface area (Å²) in [5.74, 6) is 0.426. The lowest BCUT2D eigenvalue weighted by Gasteiger charge is -2.05. The van der Waals surface area contributed by atoms with Crippen LogP contribution in [0.1, 0.15) is 23.7 Å². The molecule has 0 fully saturated rings. The van der Waals surface area contributed by atoms with Crippen LogP contribution in [0.5, 0.6) is 0 Å². The van der Waals surface area contributed by atoms with Crippen LogP contribution in [0.25, 0.3) is 0 Å². The number of carbonyl (C=O) groups is 1. The molecule has 1 amide bonds. The fourth-order valence-electron chi connectivity index (χ4n) is 1.66. The third-order valence-corrected chi connectivity index (χ3v) is 3.42. The fraction of sp³-hybridized carbons (Fsp3) is 0.308. The SMILES string of the molecule is Cc1nc(CNC(=O)CCc2cc(F)ccc2Br)no1. The molecule has 106 valence electrons. The van der Waals surface area contributed by atoms with Crippen molar-refractivity contribution in [1.29, 1.82) is 0 Å². The molecule has 0 radical (unpaired) electrons. The standard InChI is InChI=1S/C13H13BrFN3O2/c1-8-17-12(18-20-8)7-16-13(19)5-2-9-6-10(15)3-4-11(9)14/h3-4,6H,2,5,7H2,1H3,(H,16,19). The lowest BCUT2D eigenvalue weighted by molar-refractivity contribution is -0.121. The van der Waals surface area contributed by atoms with Gasteiger partial charge >= 0.3 is 0 Å². The Bertz CT molecular complexity index is 615. The molecule has 1 N–H and O–H groups in total. The van der Waals surface area contributed by atoms with Crippen LogP contribution >= 0.6 is 15.9 Å². The molecule has 1 heterocycles. The van der Waals surface area contributed by atoms with Gasteiger partial charge in [-0.2, -0.15) is 4.98 Å². The Morgan fingerprint density at radius 2 is 2.30 bits per heavy atom. The molecule has 0 spiro atoms. The average Bonchev–Trinajstić information content (AvgIpc) is 2.83. The highest BCUT2D eigenvalue weighted by Crippen LogP contribution is 2.19. The summed E-state index contributed by atoms with van der Waals surface area (Å²) in [6.07, 6.45) is 0.717. The average molecular weight is 342 g/mol. The van der Waals surface area contributed by atoms with E-state index in [1.165, 1.54) is 12.1 Å². The molecule has 0 saturated heterocycles. The normalized spacial score (nSPS) is 10.6. The number of hydrogen-bond acceptors (Lipinski definition) is 4. The van der Waals surface area contributed by atoms with Crippen molar-refractivity contribution >= 4 is 21.8 Å². The van der Waals surface area contributed by atoms with Gasteiger partial charge in [0.25, 0.3) is 0 Å². The van der Waals surface area contributed by atoms with Gasteiger partial charge < -0.3 is 9.84 Å². The zero-order valence-electron chi connectivity index (χ0n) is 10.8. The van der Waals surface area contributed by atoms with Gasteiger partial charge in [0.15, 0.2) is 5.82 Å². The fourth-order valence-corrected chi connectivity index (χ4v) is 2.11. The molecule has 1 aromatic heterocycles. The second-order valence-electron chi connectivity index (χ2n) is 4.24. The van der Waals surface area contributed by atoms with E-state index in [1.54, 1.807) is 13.0 Å². The van der Waals surface area contributed by atoms with Crippen LogP contribution in [0.2, 0.25) is 0 Å². The van der Waals surface area contributed by atoms with E-state index in [4.69, 9.17) is 4.52 Å². The van der Waals surface area contributed by atoms with Crippen molar-refractivity contribution in [3.63, 3.8) is 0 Å². The topological polar surface area (TPSA) is 68.0 Å². The third kappa shape index (κ3) is 4.12. The van der Waals surface area contributed by atoms with E-state index in [1.807, 2.05) is 0 Å². The summed E-state index contributed by atoms with van der Waals surface area (Å²) >= 11 is 3.33. The number of rotatable bonds is 5. The predicted molar refractivity (Wildman–Crippen MR) is 73.3 cm³/mol. The maximum Gasteiger partial charge on any atom is 0.223 e. The first kappa shape index (κ1) is 14.6. The Morgan fingerprint density at radius 3 is 3.00 bits per heavy atom. The molecule has 2 aromatic rings. The molecule has 0 atom stereocenters. The number of hydrogen-bond donors (Lipinski definition) is 1. The number of amides is 1. The molecular formula is C13H13BrFN3O2. The molecule has 2 rings (SSSR count). The molecule has 0 bridgehead atoms. The van der Waals surface area contributed by atoms with E-state index in [0.29, 0.717) is 18.1 Å². The van der Waals surface area contributed by atoms with Crippen LogP contribution < -0.4 is 5.32 Å². The third-order valence-electron chi connectivity index (χ3n) is 2.64. The van der Waals surface area contributed by atoms with Crippen molar-refractivity contribution in [3.05, 3.63) is 45.8 Å². The Kier molecular flexibility index (Phi) is 4.84. The van der Waals surface area contributed by atoms with Gasteiger partial charge in [-0.15, -0.1) is 0 Å². The van der Waals surface area contributed by atoms with Crippen molar-refractivity contribution in [1.82, 2.24) is 15.5 Å². The first-order valence-corrected chi connectivity index (χ1v) is 6.83. The quantitative estimate of drug-likeness (QED) is 0.907. The molecule has 0 aliphatic rings. The van der Waals surface area contributed by atoms with Gasteiger partial charge in [-0.3, -0.25) is 4.79 Å². The summed E-state index contributed by atoms with van der Waals surface area (Å²) in [5.41, 5.74) is 0.760. The van der Waals surface area contributed by atoms with Crippen LogP contribution in [-0.2, 0) is 17.8 Å². The minimum atomic E-state index is -0.314. The summed E-state index contributed by atoms with van der Waals surface area (Å²) in [5, 5.41) is 6.36. The molecule has 20 heavy (non-hydrogen) atoms. The molecule has 1 aromatic carbocycles. The summed E-state index contributed by atoms with van der Waals surface area (Å²) in [6.45, 7) is 1.90. The number of nitrogens with zero attached hydrogens (tertiary/aromatic N) is 2. The van der Waals surface area contributed by atoms with Crippen molar-refractivity contribution in [3.8, 4) is 0 Å². The maximum atomic E-state index is 13.1. The lowest BCUT2D eigenvalue weighted by atomic mass is 10.1. The highest BCUT2D eigenvalue weighted by atomic mass is 79.9. The highest BCUT2D eigenvalue weighted by molar-refractivity contribution is 9.10. The van der Waals surface area contributed by atoms with Crippen molar-refractivity contribution < 1.29 is 13.7 Å². The van der Waals surface area contributed by atoms with Crippen molar-refractivity contribution in [2.45, 2.75) is 26.3 Å². The van der Waals surface area contributed by atoms with Gasteiger partial charge in [-0.05, 0) is 30.2 Å². The zero-order chi connectivity index (χ0) is 14.5. The van der Waals surface area contributed by atoms with Crippen LogP contribution in [0, 0.1) is 12.7 Å². The van der Waals surface area contributed by atoms with Gasteiger partial charge in [-0.1, -0.05) is 21.1 Å². The number of halogens is 2. The predicted octanol–water partition coefficient (Wildman–Crippen LogP) is 2.53. The highest BCUT2D eigenvalue weighted by Gasteiger charge is 2.08. The molecular weight excluding hydrogens is 329 g/mol. The van der Waals surface area contributed by atoms with Gasteiger partial charge in [0, 0.05) is 17.8 Å². The van der Waals surface area contributed by atoms with Crippen molar-refractivity contribution in [2.24, 2.45) is 0 Å². The minimum absolute atomic E-state index is 0.149. The van der Waals surface area contributed by atoms with Crippen LogP contribution in [0.3, 0.4) is 0 Å². The van der Waals surface area contributed by atoms with Gasteiger partial charge in [0.05, 0.1) is 6.54 Å². The molecule has 7 heteroatoms. The molecule has 0 unspecified atom stereocenters. The maximum absolute atomic E-state index is 13.1. The van der Waals surface area contributed by atoms with E-state index >= 15 is 0 Å². The molecule has 5 nitrogen and oxygen atoms in total. The number of aromatic nitrogens is 2. The van der Waals surface area contributed by atoms with Gasteiger partial charge in [0.2, 0.25) is 11.8 Å². The Balaban J connectivity index is 1.81. The van der Waals surface area contributed by atoms with Crippen molar-refractivity contribution in [2.75, 3.05) is 0 Å². The van der Waals surface area contributed by atoms with E-state index < -0.39 is 0 Å². The number of benzene rings is 1. The lowest BCUT2D eigenvalue weighted by Crippen LogP contribution is -2.23. The second kappa shape index (κ2) is 6.60. The summed E-state index contributed by atoms with van der Waals surface area (Å²) < 4.78 is 18.7. The largest absolute Gasteiger partial charge is 0.349 e. The number of nitrogens with one attached hydrogen (secondary N) is 1. The summed E-state index contributed by atoms with van der Waals surface area (Å²) in [4.78, 5) is 15.7. The second-order valence-corrected chi connectivity index (χ2v) is 5.10. The zero-order valence-corrected chi connectivity index (χ0v) is 12.4. The van der Waals surface area contributed by atoms with Gasteiger partial charge in [-0.25, -0.2) is 4.39 Å². The van der Waals surface area contributed by atoms with E-state index in [-0.39, 0.29) is 24.7 Å². The molecule has 0 aliphatic heterocycles. The Labute approximate surface area is 123 Å². The van der Waals surface area contributed by atoms with E-state index in [2.05, 4.69) is 31.4 Å². The summed E-state index contributed by atoms with van der Waals surface area (Å²) in [7, 11) is 0. The Morgan fingerprint density at radius 1 is 1.50 bits per heavy atom. The summed E-state index contributed by atoms with van der Waals surface area (Å²) in [6, 6.07) is 4.41. The Hall–Kier alpha value is -1.76. The van der Waals surface area contributed by atoms with E-state index in [9.17, 15) is 9.18 Å². The molecule has 0 aliphatic carbocycles. The number of carbonyl (C=O) groups excluding carboxylic acids is 1. The number of aryl methyl sites for hydroxylation is 2. The van der Waals surface area contributed by atoms with Crippen LogP contribution in [0.15, 0.2) is 27.2 Å².